The van der Waals surface area contributed by atoms with Crippen LogP contribution < -0.4 is 5.32 Å². The molecule has 2 rings (SSSR count). The van der Waals surface area contributed by atoms with Crippen LogP contribution in [-0.2, 0) is 21.4 Å². The molecule has 0 saturated carbocycles. The molecule has 0 saturated heterocycles. The average molecular weight is 322 g/mol. The molecule has 22 heavy (non-hydrogen) atoms. The lowest BCUT2D eigenvalue weighted by atomic mass is 10.1. The van der Waals surface area contributed by atoms with E-state index in [1.165, 1.54) is 18.4 Å². The number of rotatable bonds is 6. The van der Waals surface area contributed by atoms with Gasteiger partial charge in [-0.1, -0.05) is 30.4 Å². The molecule has 1 aliphatic rings. The fourth-order valence-corrected chi connectivity index (χ4v) is 3.58. The lowest BCUT2D eigenvalue weighted by Gasteiger charge is -2.16. The lowest BCUT2D eigenvalue weighted by molar-refractivity contribution is -0.121. The summed E-state index contributed by atoms with van der Waals surface area (Å²) in [5.41, 5.74) is 0.603. The minimum atomic E-state index is -3.51. The van der Waals surface area contributed by atoms with Crippen LogP contribution in [0.25, 0.3) is 0 Å². The first-order valence-electron chi connectivity index (χ1n) is 7.35. The fourth-order valence-electron chi connectivity index (χ4n) is 2.47. The van der Waals surface area contributed by atoms with E-state index in [1.807, 2.05) is 0 Å². The quantitative estimate of drug-likeness (QED) is 0.814. The predicted octanol–water partition coefficient (Wildman–Crippen LogP) is 1.91. The highest BCUT2D eigenvalue weighted by atomic mass is 32.2. The maximum atomic E-state index is 12.3. The van der Waals surface area contributed by atoms with Gasteiger partial charge in [-0.25, -0.2) is 12.7 Å². The van der Waals surface area contributed by atoms with Crippen LogP contribution in [0.15, 0.2) is 41.3 Å². The molecular formula is C16H22N2O3S. The van der Waals surface area contributed by atoms with E-state index in [2.05, 4.69) is 17.5 Å². The first-order valence-corrected chi connectivity index (χ1v) is 8.79. The van der Waals surface area contributed by atoms with Gasteiger partial charge in [0.25, 0.3) is 0 Å². The largest absolute Gasteiger partial charge is 0.352 e. The van der Waals surface area contributed by atoms with E-state index in [9.17, 15) is 13.2 Å². The van der Waals surface area contributed by atoms with E-state index >= 15 is 0 Å². The monoisotopic (exact) mass is 322 g/mol. The summed E-state index contributed by atoms with van der Waals surface area (Å²) in [4.78, 5) is 12.2. The van der Waals surface area contributed by atoms with E-state index in [1.54, 1.807) is 24.3 Å². The smallest absolute Gasteiger partial charge is 0.242 e. The van der Waals surface area contributed by atoms with Gasteiger partial charge in [0.1, 0.15) is 0 Å². The van der Waals surface area contributed by atoms with Gasteiger partial charge in [-0.05, 0) is 30.4 Å². The Morgan fingerprint density at radius 2 is 2.05 bits per heavy atom. The highest BCUT2D eigenvalue weighted by Crippen LogP contribution is 2.21. The van der Waals surface area contributed by atoms with Crippen molar-refractivity contribution in [3.8, 4) is 0 Å². The first kappa shape index (κ1) is 16.7. The summed E-state index contributed by atoms with van der Waals surface area (Å²) in [6.45, 7) is 0.221. The highest BCUT2D eigenvalue weighted by molar-refractivity contribution is 7.89. The van der Waals surface area contributed by atoms with Crippen LogP contribution in [0.5, 0.6) is 0 Å². The summed E-state index contributed by atoms with van der Waals surface area (Å²) in [7, 11) is -0.513. The highest BCUT2D eigenvalue weighted by Gasteiger charge is 2.21. The van der Waals surface area contributed by atoms with Gasteiger partial charge < -0.3 is 5.32 Å². The minimum Gasteiger partial charge on any atom is -0.352 e. The molecule has 1 unspecified atom stereocenters. The number of amides is 1. The van der Waals surface area contributed by atoms with Gasteiger partial charge in [0.2, 0.25) is 15.9 Å². The zero-order chi connectivity index (χ0) is 16.2. The number of carbonyl (C=O) groups is 1. The van der Waals surface area contributed by atoms with Gasteiger partial charge >= 0.3 is 0 Å². The summed E-state index contributed by atoms with van der Waals surface area (Å²) >= 11 is 0. The van der Waals surface area contributed by atoms with Gasteiger partial charge in [-0.2, -0.15) is 0 Å². The molecular weight excluding hydrogens is 300 g/mol. The molecule has 0 aliphatic heterocycles. The summed E-state index contributed by atoms with van der Waals surface area (Å²) in [6.07, 6.45) is 6.67. The Balaban J connectivity index is 2.04. The normalized spacial score (nSPS) is 17.9. The summed E-state index contributed by atoms with van der Waals surface area (Å²) in [6, 6.07) is 6.75. The Labute approximate surface area is 132 Å². The van der Waals surface area contributed by atoms with Gasteiger partial charge in [0.15, 0.2) is 0 Å². The van der Waals surface area contributed by atoms with E-state index in [0.29, 0.717) is 17.9 Å². The SMILES string of the molecule is CN(C)S(=O)(=O)c1ccccc1CNC(=O)CC1C=CCC1. The number of allylic oxidation sites excluding steroid dienone is 2. The van der Waals surface area contributed by atoms with E-state index < -0.39 is 10.0 Å². The zero-order valence-corrected chi connectivity index (χ0v) is 13.8. The van der Waals surface area contributed by atoms with Crippen LogP contribution in [0.1, 0.15) is 24.8 Å². The van der Waals surface area contributed by atoms with Gasteiger partial charge in [-0.15, -0.1) is 0 Å². The molecule has 0 spiro atoms. The van der Waals surface area contributed by atoms with Crippen LogP contribution in [0.4, 0.5) is 0 Å². The molecule has 120 valence electrons. The third-order valence-electron chi connectivity index (χ3n) is 3.77. The second kappa shape index (κ2) is 7.07. The number of nitrogens with zero attached hydrogens (tertiary/aromatic N) is 1. The Morgan fingerprint density at radius 3 is 2.68 bits per heavy atom. The molecule has 1 amide bonds. The number of benzene rings is 1. The van der Waals surface area contributed by atoms with Crippen molar-refractivity contribution in [2.75, 3.05) is 14.1 Å². The fraction of sp³-hybridized carbons (Fsp3) is 0.438. The van der Waals surface area contributed by atoms with Crippen LogP contribution in [0, 0.1) is 5.92 Å². The molecule has 1 aromatic carbocycles. The Hall–Kier alpha value is -1.66. The summed E-state index contributed by atoms with van der Waals surface area (Å²) in [5, 5.41) is 2.82. The van der Waals surface area contributed by atoms with Crippen molar-refractivity contribution in [2.45, 2.75) is 30.7 Å². The maximum absolute atomic E-state index is 12.3. The minimum absolute atomic E-state index is 0.0476. The van der Waals surface area contributed by atoms with Crippen LogP contribution in [-0.4, -0.2) is 32.7 Å². The van der Waals surface area contributed by atoms with E-state index in [0.717, 1.165) is 12.8 Å². The second-order valence-corrected chi connectivity index (χ2v) is 7.76. The van der Waals surface area contributed by atoms with Crippen molar-refractivity contribution in [1.29, 1.82) is 0 Å². The third kappa shape index (κ3) is 3.96. The van der Waals surface area contributed by atoms with Crippen LogP contribution >= 0.6 is 0 Å². The number of hydrogen-bond acceptors (Lipinski definition) is 3. The molecule has 1 N–H and O–H groups in total. The van der Waals surface area contributed by atoms with Crippen molar-refractivity contribution in [2.24, 2.45) is 5.92 Å². The first-order chi connectivity index (χ1) is 10.4. The molecule has 0 bridgehead atoms. The van der Waals surface area contributed by atoms with Crippen LogP contribution in [0.3, 0.4) is 0 Å². The topological polar surface area (TPSA) is 66.5 Å². The summed E-state index contributed by atoms with van der Waals surface area (Å²) < 4.78 is 25.7. The number of carbonyl (C=O) groups excluding carboxylic acids is 1. The summed E-state index contributed by atoms with van der Waals surface area (Å²) in [5.74, 6) is 0.259. The lowest BCUT2D eigenvalue weighted by Crippen LogP contribution is -2.27. The van der Waals surface area contributed by atoms with Gasteiger partial charge in [0, 0.05) is 27.1 Å². The molecule has 0 aromatic heterocycles. The van der Waals surface area contributed by atoms with E-state index in [4.69, 9.17) is 0 Å². The second-order valence-electron chi connectivity index (χ2n) is 5.64. The van der Waals surface area contributed by atoms with E-state index in [-0.39, 0.29) is 17.3 Å². The molecule has 0 radical (unpaired) electrons. The standard InChI is InChI=1S/C16H22N2O3S/c1-18(2)22(20,21)15-10-6-5-9-14(15)12-17-16(19)11-13-7-3-4-8-13/h3,5-7,9-10,13H,4,8,11-12H2,1-2H3,(H,17,19). The van der Waals surface area contributed by atoms with Crippen molar-refractivity contribution in [1.82, 2.24) is 9.62 Å². The Morgan fingerprint density at radius 1 is 1.32 bits per heavy atom. The average Bonchev–Trinajstić information content (AvgIpc) is 2.98. The van der Waals surface area contributed by atoms with Crippen molar-refractivity contribution in [3.63, 3.8) is 0 Å². The number of hydrogen-bond donors (Lipinski definition) is 1. The third-order valence-corrected chi connectivity index (χ3v) is 5.68. The van der Waals surface area contributed by atoms with Gasteiger partial charge in [0.05, 0.1) is 4.90 Å². The van der Waals surface area contributed by atoms with Crippen molar-refractivity contribution in [3.05, 3.63) is 42.0 Å². The Bertz CT molecular complexity index is 666. The molecule has 1 aliphatic carbocycles. The van der Waals surface area contributed by atoms with Crippen LogP contribution in [0.2, 0.25) is 0 Å². The van der Waals surface area contributed by atoms with Crippen molar-refractivity contribution >= 4 is 15.9 Å². The Kier molecular flexibility index (Phi) is 5.37. The molecule has 5 nitrogen and oxygen atoms in total. The molecule has 1 atom stereocenters. The van der Waals surface area contributed by atoms with Gasteiger partial charge in [-0.3, -0.25) is 4.79 Å². The molecule has 1 aromatic rings. The maximum Gasteiger partial charge on any atom is 0.242 e. The number of sulfonamides is 1. The van der Waals surface area contributed by atoms with Crippen molar-refractivity contribution < 1.29 is 13.2 Å². The zero-order valence-electron chi connectivity index (χ0n) is 13.0. The molecule has 6 heteroatoms. The number of nitrogens with one attached hydrogen (secondary N) is 1. The molecule has 0 heterocycles. The predicted molar refractivity (Wildman–Crippen MR) is 85.6 cm³/mol. The molecule has 0 fully saturated rings.